The average molecular weight is 370 g/mol. The van der Waals surface area contributed by atoms with Crippen LogP contribution in [-0.2, 0) is 10.0 Å². The number of pyridine rings is 1. The van der Waals surface area contributed by atoms with Crippen molar-refractivity contribution in [2.45, 2.75) is 4.90 Å². The number of hydrogen-bond acceptors (Lipinski definition) is 4. The van der Waals surface area contributed by atoms with Gasteiger partial charge in [0.2, 0.25) is 10.0 Å². The van der Waals surface area contributed by atoms with Crippen LogP contribution in [0.25, 0.3) is 0 Å². The van der Waals surface area contributed by atoms with Crippen LogP contribution >= 0.6 is 15.9 Å². The molecule has 2 aromatic rings. The molecule has 0 aliphatic rings. The van der Waals surface area contributed by atoms with Crippen LogP contribution in [0.2, 0.25) is 0 Å². The first-order valence-electron chi connectivity index (χ1n) is 5.90. The molecular formula is C13H12BrN3O3S. The van der Waals surface area contributed by atoms with Crippen molar-refractivity contribution in [3.63, 3.8) is 0 Å². The molecule has 0 fully saturated rings. The zero-order valence-electron chi connectivity index (χ0n) is 11.0. The maximum Gasteiger partial charge on any atom is 0.274 e. The van der Waals surface area contributed by atoms with Gasteiger partial charge in [-0.3, -0.25) is 4.79 Å². The average Bonchev–Trinajstić information content (AvgIpc) is 2.47. The molecule has 0 spiro atoms. The van der Waals surface area contributed by atoms with Crippen LogP contribution < -0.4 is 10.0 Å². The van der Waals surface area contributed by atoms with E-state index < -0.39 is 15.9 Å². The second-order valence-electron chi connectivity index (χ2n) is 4.00. The van der Waals surface area contributed by atoms with Crippen molar-refractivity contribution in [3.8, 4) is 0 Å². The molecule has 2 rings (SSSR count). The Balaban J connectivity index is 2.35. The smallest absolute Gasteiger partial charge is 0.274 e. The molecule has 2 N–H and O–H groups in total. The van der Waals surface area contributed by atoms with Crippen LogP contribution in [0.1, 0.15) is 10.5 Å². The van der Waals surface area contributed by atoms with Gasteiger partial charge < -0.3 is 5.32 Å². The van der Waals surface area contributed by atoms with E-state index in [2.05, 4.69) is 31.0 Å². The standard InChI is InChI=1S/C13H12BrN3O3S/c1-15-21(19,20)11-7-3-2-5-9(11)17-13(18)10-6-4-8-12(14)16-10/h2-8,15H,1H3,(H,17,18). The maximum absolute atomic E-state index is 12.1. The highest BCUT2D eigenvalue weighted by Crippen LogP contribution is 2.21. The molecule has 1 amide bonds. The lowest BCUT2D eigenvalue weighted by molar-refractivity contribution is 0.102. The van der Waals surface area contributed by atoms with Crippen LogP contribution in [0.4, 0.5) is 5.69 Å². The van der Waals surface area contributed by atoms with E-state index in [0.717, 1.165) is 0 Å². The summed E-state index contributed by atoms with van der Waals surface area (Å²) in [4.78, 5) is 16.1. The number of hydrogen-bond donors (Lipinski definition) is 2. The number of carbonyl (C=O) groups excluding carboxylic acids is 1. The Bertz CT molecular complexity index is 778. The Hall–Kier alpha value is -1.77. The lowest BCUT2D eigenvalue weighted by Crippen LogP contribution is -2.22. The van der Waals surface area contributed by atoms with E-state index >= 15 is 0 Å². The molecule has 0 saturated heterocycles. The Morgan fingerprint density at radius 3 is 2.52 bits per heavy atom. The van der Waals surface area contributed by atoms with Gasteiger partial charge in [-0.05, 0) is 47.2 Å². The van der Waals surface area contributed by atoms with Crippen molar-refractivity contribution in [2.75, 3.05) is 12.4 Å². The van der Waals surface area contributed by atoms with Gasteiger partial charge in [-0.15, -0.1) is 0 Å². The summed E-state index contributed by atoms with van der Waals surface area (Å²) >= 11 is 3.18. The summed E-state index contributed by atoms with van der Waals surface area (Å²) in [6.07, 6.45) is 0. The van der Waals surface area contributed by atoms with Gasteiger partial charge in [0, 0.05) is 0 Å². The number of anilines is 1. The maximum atomic E-state index is 12.1. The first kappa shape index (κ1) is 15.6. The Morgan fingerprint density at radius 1 is 1.14 bits per heavy atom. The minimum Gasteiger partial charge on any atom is -0.319 e. The molecule has 0 radical (unpaired) electrons. The Labute approximate surface area is 130 Å². The second-order valence-corrected chi connectivity index (χ2v) is 6.67. The van der Waals surface area contributed by atoms with Crippen LogP contribution in [0, 0.1) is 0 Å². The van der Waals surface area contributed by atoms with Gasteiger partial charge in [-0.2, -0.15) is 0 Å². The molecule has 0 aliphatic carbocycles. The lowest BCUT2D eigenvalue weighted by atomic mass is 10.3. The second kappa shape index (κ2) is 6.33. The first-order valence-corrected chi connectivity index (χ1v) is 8.18. The molecule has 21 heavy (non-hydrogen) atoms. The summed E-state index contributed by atoms with van der Waals surface area (Å²) in [5.74, 6) is -0.491. The Kier molecular flexibility index (Phi) is 4.71. The molecule has 1 aromatic carbocycles. The Morgan fingerprint density at radius 2 is 1.86 bits per heavy atom. The molecule has 0 bridgehead atoms. The van der Waals surface area contributed by atoms with Crippen LogP contribution in [0.15, 0.2) is 52.0 Å². The third-order valence-corrected chi connectivity index (χ3v) is 4.56. The highest BCUT2D eigenvalue weighted by Gasteiger charge is 2.18. The molecule has 1 heterocycles. The van der Waals surface area contributed by atoms with Gasteiger partial charge in [-0.25, -0.2) is 18.1 Å². The summed E-state index contributed by atoms with van der Waals surface area (Å²) in [6.45, 7) is 0. The predicted octanol–water partition coefficient (Wildman–Crippen LogP) is 2.00. The third kappa shape index (κ3) is 3.66. The van der Waals surface area contributed by atoms with Crippen LogP contribution in [0.5, 0.6) is 0 Å². The predicted molar refractivity (Wildman–Crippen MR) is 82.6 cm³/mol. The zero-order chi connectivity index (χ0) is 15.5. The van der Waals surface area contributed by atoms with E-state index in [-0.39, 0.29) is 16.3 Å². The number of sulfonamides is 1. The molecule has 0 atom stereocenters. The molecular weight excluding hydrogens is 358 g/mol. The fourth-order valence-corrected chi connectivity index (χ4v) is 2.87. The van der Waals surface area contributed by atoms with Gasteiger partial charge in [0.25, 0.3) is 5.91 Å². The quantitative estimate of drug-likeness (QED) is 0.806. The van der Waals surface area contributed by atoms with E-state index in [0.29, 0.717) is 4.60 Å². The van der Waals surface area contributed by atoms with Crippen molar-refractivity contribution >= 4 is 37.5 Å². The van der Waals surface area contributed by atoms with E-state index in [4.69, 9.17) is 0 Å². The number of rotatable bonds is 4. The number of halogens is 1. The minimum absolute atomic E-state index is 0.00385. The summed E-state index contributed by atoms with van der Waals surface area (Å²) in [5.41, 5.74) is 0.375. The number of para-hydroxylation sites is 1. The number of nitrogens with zero attached hydrogens (tertiary/aromatic N) is 1. The van der Waals surface area contributed by atoms with Gasteiger partial charge in [0.1, 0.15) is 15.2 Å². The summed E-state index contributed by atoms with van der Waals surface area (Å²) in [7, 11) is -2.35. The van der Waals surface area contributed by atoms with Crippen LogP contribution in [-0.4, -0.2) is 26.4 Å². The van der Waals surface area contributed by atoms with Crippen molar-refractivity contribution in [1.82, 2.24) is 9.71 Å². The summed E-state index contributed by atoms with van der Waals surface area (Å²) < 4.78 is 26.6. The van der Waals surface area contributed by atoms with Gasteiger partial charge in [-0.1, -0.05) is 18.2 Å². The largest absolute Gasteiger partial charge is 0.319 e. The molecule has 1 aromatic heterocycles. The fourth-order valence-electron chi connectivity index (χ4n) is 1.64. The molecule has 8 heteroatoms. The number of carbonyl (C=O) groups is 1. The van der Waals surface area contributed by atoms with Gasteiger partial charge in [0.05, 0.1) is 5.69 Å². The SMILES string of the molecule is CNS(=O)(=O)c1ccccc1NC(=O)c1cccc(Br)n1. The first-order chi connectivity index (χ1) is 9.94. The topological polar surface area (TPSA) is 88.2 Å². The highest BCUT2D eigenvalue weighted by atomic mass is 79.9. The number of aromatic nitrogens is 1. The monoisotopic (exact) mass is 369 g/mol. The fraction of sp³-hybridized carbons (Fsp3) is 0.0769. The van der Waals surface area contributed by atoms with Crippen molar-refractivity contribution in [2.24, 2.45) is 0 Å². The lowest BCUT2D eigenvalue weighted by Gasteiger charge is -2.10. The van der Waals surface area contributed by atoms with Gasteiger partial charge in [0.15, 0.2) is 0 Å². The van der Waals surface area contributed by atoms with E-state index in [1.165, 1.54) is 25.2 Å². The number of nitrogens with one attached hydrogen (secondary N) is 2. The van der Waals surface area contributed by atoms with Gasteiger partial charge >= 0.3 is 0 Å². The van der Waals surface area contributed by atoms with Crippen molar-refractivity contribution in [1.29, 1.82) is 0 Å². The zero-order valence-corrected chi connectivity index (χ0v) is 13.4. The number of amides is 1. The summed E-state index contributed by atoms with van der Waals surface area (Å²) in [5, 5.41) is 2.55. The molecule has 6 nitrogen and oxygen atoms in total. The normalized spacial score (nSPS) is 11.1. The summed E-state index contributed by atoms with van der Waals surface area (Å²) in [6, 6.07) is 11.0. The van der Waals surface area contributed by atoms with Crippen molar-refractivity contribution in [3.05, 3.63) is 52.8 Å². The molecule has 0 aliphatic heterocycles. The van der Waals surface area contributed by atoms with E-state index in [1.807, 2.05) is 0 Å². The molecule has 110 valence electrons. The molecule has 0 saturated carbocycles. The van der Waals surface area contributed by atoms with Crippen LogP contribution in [0.3, 0.4) is 0 Å². The van der Waals surface area contributed by atoms with E-state index in [1.54, 1.807) is 24.3 Å². The third-order valence-electron chi connectivity index (χ3n) is 2.64. The van der Waals surface area contributed by atoms with E-state index in [9.17, 15) is 13.2 Å². The number of benzene rings is 1. The minimum atomic E-state index is -3.66. The molecule has 0 unspecified atom stereocenters. The highest BCUT2D eigenvalue weighted by molar-refractivity contribution is 9.10. The van der Waals surface area contributed by atoms with Crippen molar-refractivity contribution < 1.29 is 13.2 Å².